The molecule has 0 radical (unpaired) electrons. The zero-order valence-corrected chi connectivity index (χ0v) is 21.3. The smallest absolute Gasteiger partial charge is 0.396 e. The topological polar surface area (TPSA) is 225 Å². The highest BCUT2D eigenvalue weighted by Gasteiger charge is 2.51. The number of aliphatic hydroxyl groups excluding tert-OH is 2. The second-order valence-corrected chi connectivity index (χ2v) is 10.5. The van der Waals surface area contributed by atoms with E-state index in [0.29, 0.717) is 19.3 Å². The molecule has 6 unspecified atom stereocenters. The van der Waals surface area contributed by atoms with Gasteiger partial charge in [-0.25, -0.2) is 13.9 Å². The fourth-order valence-electron chi connectivity index (χ4n) is 3.25. The summed E-state index contributed by atoms with van der Waals surface area (Å²) in [5, 5.41) is 17.6. The Hall–Kier alpha value is -1.26. The average molecular weight is 562 g/mol. The number of phosphoric ester groups is 2. The lowest BCUT2D eigenvalue weighted by Crippen LogP contribution is -2.40. The summed E-state index contributed by atoms with van der Waals surface area (Å²) in [6.07, 6.45) is -2.96. The molecule has 208 valence electrons. The molecule has 1 fully saturated rings. The zero-order valence-electron chi connectivity index (χ0n) is 19.5. The van der Waals surface area contributed by atoms with E-state index in [1.807, 2.05) is 4.98 Å². The number of nitrogens with one attached hydrogen (secondary N) is 1. The van der Waals surface area contributed by atoms with E-state index in [1.165, 1.54) is 7.11 Å². The summed E-state index contributed by atoms with van der Waals surface area (Å²) >= 11 is 0. The number of aromatic nitrogens is 2. The number of aliphatic hydroxyl groups is 2. The van der Waals surface area contributed by atoms with Crippen molar-refractivity contribution in [2.75, 3.05) is 40.1 Å². The monoisotopic (exact) mass is 562 g/mol. The summed E-state index contributed by atoms with van der Waals surface area (Å²) in [7, 11) is -8.10. The normalized spacial score (nSPS) is 25.5. The van der Waals surface area contributed by atoms with E-state index in [1.54, 1.807) is 0 Å². The van der Waals surface area contributed by atoms with Crippen molar-refractivity contribution in [1.82, 2.24) is 9.55 Å². The largest absolute Gasteiger partial charge is 0.472 e. The van der Waals surface area contributed by atoms with Crippen LogP contribution < -0.4 is 11.2 Å². The lowest BCUT2D eigenvalue weighted by Gasteiger charge is -2.25. The molecule has 1 aliphatic rings. The molecule has 16 nitrogen and oxygen atoms in total. The first-order valence-corrected chi connectivity index (χ1v) is 14.0. The van der Waals surface area contributed by atoms with Crippen LogP contribution in [0.15, 0.2) is 21.9 Å². The van der Waals surface area contributed by atoms with E-state index >= 15 is 0 Å². The highest BCUT2D eigenvalue weighted by Crippen LogP contribution is 2.50. The molecule has 6 atom stereocenters. The van der Waals surface area contributed by atoms with E-state index < -0.39 is 58.0 Å². The highest BCUT2D eigenvalue weighted by atomic mass is 31.2. The van der Waals surface area contributed by atoms with Crippen molar-refractivity contribution in [2.45, 2.75) is 50.2 Å². The van der Waals surface area contributed by atoms with Crippen LogP contribution in [-0.4, -0.2) is 88.0 Å². The number of H-pyrrole nitrogens is 1. The van der Waals surface area contributed by atoms with E-state index in [2.05, 4.69) is 0 Å². The third-order valence-corrected chi connectivity index (χ3v) is 6.96. The van der Waals surface area contributed by atoms with Gasteiger partial charge in [-0.2, -0.15) is 0 Å². The van der Waals surface area contributed by atoms with Crippen molar-refractivity contribution in [3.8, 4) is 0 Å². The fraction of sp³-hybridized carbons (Fsp3) is 0.778. The van der Waals surface area contributed by atoms with Crippen LogP contribution in [0.25, 0.3) is 0 Å². The summed E-state index contributed by atoms with van der Waals surface area (Å²) < 4.78 is 56.7. The van der Waals surface area contributed by atoms with Gasteiger partial charge >= 0.3 is 21.3 Å². The molecule has 0 aromatic carbocycles. The molecule has 36 heavy (non-hydrogen) atoms. The molecule has 0 amide bonds. The maximum absolute atomic E-state index is 12.5. The number of rotatable bonds is 17. The first-order chi connectivity index (χ1) is 17.0. The molecule has 1 aromatic heterocycles. The number of nitrogens with zero attached hydrogens (tertiary/aromatic N) is 1. The van der Waals surface area contributed by atoms with Crippen molar-refractivity contribution in [1.29, 1.82) is 0 Å². The van der Waals surface area contributed by atoms with Crippen LogP contribution in [0.5, 0.6) is 0 Å². The second-order valence-electron chi connectivity index (χ2n) is 7.61. The van der Waals surface area contributed by atoms with Gasteiger partial charge in [-0.1, -0.05) is 0 Å². The quantitative estimate of drug-likeness (QED) is 0.121. The molecule has 1 aliphatic heterocycles. The second kappa shape index (κ2) is 14.6. The van der Waals surface area contributed by atoms with Gasteiger partial charge in [0.1, 0.15) is 18.3 Å². The van der Waals surface area contributed by atoms with Crippen molar-refractivity contribution in [3.63, 3.8) is 0 Å². The van der Waals surface area contributed by atoms with Gasteiger partial charge in [0.2, 0.25) is 0 Å². The van der Waals surface area contributed by atoms with Crippen molar-refractivity contribution in [3.05, 3.63) is 33.1 Å². The minimum Gasteiger partial charge on any atom is -0.396 e. The molecule has 1 saturated heterocycles. The SMILES string of the molecule is COC1C(OP(=O)(O)OCCCCO)C(COP(=O)(O)OCCCCO)OC1n1ccc(=O)[nH]c1=O. The standard InChI is InChI=1S/C18H32N2O14P2/c1-29-16-15(34-36(27,28)31-11-5-3-9-22)13(12-32-35(25,26)30-10-4-2-8-21)33-17(16)20-7-6-14(23)19-18(20)24/h6-7,13,15-17,21-22H,2-5,8-12H2,1H3,(H,25,26)(H,27,28)(H,19,23,24). The summed E-state index contributed by atoms with van der Waals surface area (Å²) in [4.78, 5) is 45.9. The number of hydrogen-bond donors (Lipinski definition) is 5. The van der Waals surface area contributed by atoms with Crippen LogP contribution in [-0.2, 0) is 36.7 Å². The Morgan fingerprint density at radius 3 is 2.14 bits per heavy atom. The first-order valence-electron chi connectivity index (χ1n) is 11.0. The molecule has 5 N–H and O–H groups in total. The van der Waals surface area contributed by atoms with E-state index in [-0.39, 0.29) is 32.8 Å². The molecule has 2 rings (SSSR count). The molecule has 0 aliphatic carbocycles. The average Bonchev–Trinajstić information content (AvgIpc) is 3.14. The van der Waals surface area contributed by atoms with E-state index in [0.717, 1.165) is 16.8 Å². The molecule has 1 aromatic rings. The van der Waals surface area contributed by atoms with Gasteiger partial charge in [0, 0.05) is 32.6 Å². The Kier molecular flexibility index (Phi) is 12.6. The van der Waals surface area contributed by atoms with Crippen molar-refractivity contribution >= 4 is 15.6 Å². The number of unbranched alkanes of at least 4 members (excludes halogenated alkanes) is 2. The van der Waals surface area contributed by atoms with Crippen molar-refractivity contribution in [2.24, 2.45) is 0 Å². The third-order valence-electron chi connectivity index (χ3n) is 4.95. The molecule has 0 saturated carbocycles. The number of aromatic amines is 1. The fourth-order valence-corrected chi connectivity index (χ4v) is 5.00. The number of ether oxygens (including phenoxy) is 2. The van der Waals surface area contributed by atoms with E-state index in [9.17, 15) is 28.5 Å². The van der Waals surface area contributed by atoms with E-state index in [4.69, 9.17) is 37.8 Å². The first kappa shape index (κ1) is 31.0. The molecular weight excluding hydrogens is 530 g/mol. The Morgan fingerprint density at radius 1 is 0.972 bits per heavy atom. The predicted octanol–water partition coefficient (Wildman–Crippen LogP) is -0.370. The number of hydrogen-bond acceptors (Lipinski definition) is 12. The summed E-state index contributed by atoms with van der Waals surface area (Å²) in [6.45, 7) is -1.33. The predicted molar refractivity (Wildman–Crippen MR) is 121 cm³/mol. The molecule has 18 heteroatoms. The molecule has 2 heterocycles. The number of methoxy groups -OCH3 is 1. The molecule has 0 spiro atoms. The van der Waals surface area contributed by atoms with Crippen LogP contribution in [0, 0.1) is 0 Å². The summed E-state index contributed by atoms with van der Waals surface area (Å²) in [5.74, 6) is 0. The van der Waals surface area contributed by atoms with Crippen LogP contribution >= 0.6 is 15.6 Å². The minimum absolute atomic E-state index is 0.123. The van der Waals surface area contributed by atoms with Gasteiger partial charge < -0.3 is 29.5 Å². The third kappa shape index (κ3) is 9.56. The Bertz CT molecular complexity index is 1020. The van der Waals surface area contributed by atoms with Gasteiger partial charge in [-0.05, 0) is 25.7 Å². The summed E-state index contributed by atoms with van der Waals surface area (Å²) in [6, 6.07) is 1.04. The van der Waals surface area contributed by atoms with Gasteiger partial charge in [-0.3, -0.25) is 32.4 Å². The Labute approximate surface area is 205 Å². The maximum Gasteiger partial charge on any atom is 0.472 e. The number of phosphoric acid groups is 2. The Balaban J connectivity index is 2.22. The highest BCUT2D eigenvalue weighted by molar-refractivity contribution is 7.47. The molecular formula is C18H32N2O14P2. The van der Waals surface area contributed by atoms with Crippen LogP contribution in [0.1, 0.15) is 31.9 Å². The zero-order chi connectivity index (χ0) is 26.8. The van der Waals surface area contributed by atoms with Gasteiger partial charge in [0.05, 0.1) is 19.8 Å². The lowest BCUT2D eigenvalue weighted by molar-refractivity contribution is -0.0626. The Morgan fingerprint density at radius 2 is 1.58 bits per heavy atom. The van der Waals surface area contributed by atoms with Gasteiger partial charge in [-0.15, -0.1) is 0 Å². The van der Waals surface area contributed by atoms with Crippen molar-refractivity contribution < 1.29 is 56.7 Å². The van der Waals surface area contributed by atoms with Crippen LogP contribution in [0.4, 0.5) is 0 Å². The summed E-state index contributed by atoms with van der Waals surface area (Å²) in [5.41, 5.74) is -1.55. The minimum atomic E-state index is -4.73. The van der Waals surface area contributed by atoms with Crippen LogP contribution in [0.3, 0.4) is 0 Å². The molecule has 0 bridgehead atoms. The lowest BCUT2D eigenvalue weighted by atomic mass is 10.1. The van der Waals surface area contributed by atoms with Gasteiger partial charge in [0.15, 0.2) is 6.23 Å². The van der Waals surface area contributed by atoms with Gasteiger partial charge in [0.25, 0.3) is 5.56 Å². The maximum atomic E-state index is 12.5. The van der Waals surface area contributed by atoms with Crippen LogP contribution in [0.2, 0.25) is 0 Å².